The van der Waals surface area contributed by atoms with Crippen molar-refractivity contribution in [2.24, 2.45) is 10.8 Å². The molecule has 1 atom stereocenters. The molecule has 0 amide bonds. The largest absolute Gasteiger partial charge is 0.477 e. The van der Waals surface area contributed by atoms with Gasteiger partial charge in [0.1, 0.15) is 5.56 Å². The van der Waals surface area contributed by atoms with Crippen molar-refractivity contribution in [2.75, 3.05) is 6.61 Å². The number of pyridine rings is 1. The van der Waals surface area contributed by atoms with Gasteiger partial charge in [0, 0.05) is 23.2 Å². The average molecular weight is 478 g/mol. The molecule has 186 valence electrons. The fraction of sp³-hybridized carbons (Fsp3) is 0.536. The lowest BCUT2D eigenvalue weighted by Crippen LogP contribution is -2.35. The molecule has 2 aromatic heterocycles. The van der Waals surface area contributed by atoms with Crippen molar-refractivity contribution in [3.8, 4) is 11.4 Å². The molecule has 1 N–H and O–H groups in total. The van der Waals surface area contributed by atoms with Crippen LogP contribution in [0.2, 0.25) is 0 Å². The van der Waals surface area contributed by atoms with Crippen molar-refractivity contribution in [3.05, 3.63) is 51.8 Å². The van der Waals surface area contributed by atoms with Gasteiger partial charge in [-0.25, -0.2) is 4.79 Å². The number of carboxylic acids is 1. The number of aromatic nitrogens is 3. The molecule has 1 saturated carbocycles. The molecule has 7 nitrogen and oxygen atoms in total. The van der Waals surface area contributed by atoms with Gasteiger partial charge in [-0.3, -0.25) is 9.48 Å². The minimum atomic E-state index is -1.20. The highest BCUT2D eigenvalue weighted by Crippen LogP contribution is 2.45. The number of benzene rings is 1. The molecular weight excluding hydrogens is 442 g/mol. The Balaban J connectivity index is 1.56. The van der Waals surface area contributed by atoms with E-state index in [0.29, 0.717) is 24.3 Å². The molecule has 0 saturated heterocycles. The highest BCUT2D eigenvalue weighted by Gasteiger charge is 2.37. The summed E-state index contributed by atoms with van der Waals surface area (Å²) in [7, 11) is 0. The summed E-state index contributed by atoms with van der Waals surface area (Å²) in [6.07, 6.45) is 7.71. The van der Waals surface area contributed by atoms with E-state index in [-0.39, 0.29) is 17.0 Å². The van der Waals surface area contributed by atoms with Crippen molar-refractivity contribution in [1.29, 1.82) is 0 Å². The van der Waals surface area contributed by atoms with Crippen LogP contribution in [0, 0.1) is 10.8 Å². The van der Waals surface area contributed by atoms with Crippen LogP contribution in [0.1, 0.15) is 81.8 Å². The number of ether oxygens (including phenoxy) is 1. The van der Waals surface area contributed by atoms with Gasteiger partial charge in [0.25, 0.3) is 0 Å². The van der Waals surface area contributed by atoms with Crippen LogP contribution < -0.4 is 5.43 Å². The zero-order chi connectivity index (χ0) is 25.0. The van der Waals surface area contributed by atoms with Crippen LogP contribution in [0.3, 0.4) is 0 Å². The van der Waals surface area contributed by atoms with E-state index in [0.717, 1.165) is 28.8 Å². The van der Waals surface area contributed by atoms with Gasteiger partial charge in [-0.05, 0) is 30.1 Å². The molecule has 0 spiro atoms. The second-order valence-corrected chi connectivity index (χ2v) is 11.5. The third-order valence-electron chi connectivity index (χ3n) is 7.95. The minimum Gasteiger partial charge on any atom is -0.477 e. The third-order valence-corrected chi connectivity index (χ3v) is 7.95. The number of carboxylic acid groups (broad SMARTS) is 1. The van der Waals surface area contributed by atoms with Crippen LogP contribution in [0.4, 0.5) is 0 Å². The normalized spacial score (nSPS) is 18.7. The molecule has 3 heterocycles. The second-order valence-electron chi connectivity index (χ2n) is 11.5. The van der Waals surface area contributed by atoms with Gasteiger partial charge < -0.3 is 14.4 Å². The number of fused-ring (bicyclic) bond motifs is 5. The Labute approximate surface area is 205 Å². The summed E-state index contributed by atoms with van der Waals surface area (Å²) in [5.74, 6) is -1.20. The van der Waals surface area contributed by atoms with Crippen molar-refractivity contribution in [2.45, 2.75) is 79.0 Å². The molecule has 2 aliphatic rings. The van der Waals surface area contributed by atoms with Crippen LogP contribution in [-0.4, -0.2) is 32.0 Å². The van der Waals surface area contributed by atoms with Crippen molar-refractivity contribution in [1.82, 2.24) is 14.3 Å². The molecule has 7 heteroatoms. The Kier molecular flexibility index (Phi) is 5.86. The van der Waals surface area contributed by atoms with Gasteiger partial charge in [0.2, 0.25) is 0 Å². The molecule has 1 aromatic carbocycles. The van der Waals surface area contributed by atoms with Gasteiger partial charge in [-0.15, -0.1) is 0 Å². The molecule has 1 aliphatic heterocycles. The Bertz CT molecular complexity index is 1340. The van der Waals surface area contributed by atoms with Gasteiger partial charge in [-0.1, -0.05) is 58.7 Å². The van der Waals surface area contributed by atoms with Gasteiger partial charge in [0.05, 0.1) is 42.7 Å². The molecule has 5 rings (SSSR count). The maximum Gasteiger partial charge on any atom is 0.341 e. The Morgan fingerprint density at radius 1 is 1.29 bits per heavy atom. The number of aromatic carboxylic acids is 1. The van der Waals surface area contributed by atoms with Crippen molar-refractivity contribution < 1.29 is 14.6 Å². The SMILES string of the molecule is CCCC1(COCc2cccc3c4n(nc23)CC(C(C)(C)C)n2cc(C(=O)O)c(=O)cc2-4)CCC1. The summed E-state index contributed by atoms with van der Waals surface area (Å²) in [4.78, 5) is 24.4. The summed E-state index contributed by atoms with van der Waals surface area (Å²) >= 11 is 0. The van der Waals surface area contributed by atoms with Gasteiger partial charge in [-0.2, -0.15) is 5.10 Å². The number of hydrogen-bond acceptors (Lipinski definition) is 4. The quantitative estimate of drug-likeness (QED) is 0.475. The van der Waals surface area contributed by atoms with Crippen molar-refractivity contribution >= 4 is 16.9 Å². The van der Waals surface area contributed by atoms with E-state index in [2.05, 4.69) is 33.8 Å². The van der Waals surface area contributed by atoms with Crippen LogP contribution >= 0.6 is 0 Å². The van der Waals surface area contributed by atoms with E-state index >= 15 is 0 Å². The Hall–Kier alpha value is -2.93. The number of hydrogen-bond donors (Lipinski definition) is 1. The fourth-order valence-corrected chi connectivity index (χ4v) is 5.88. The first-order valence-corrected chi connectivity index (χ1v) is 12.7. The molecule has 0 radical (unpaired) electrons. The third kappa shape index (κ3) is 4.10. The molecule has 1 fully saturated rings. The first-order chi connectivity index (χ1) is 16.6. The van der Waals surface area contributed by atoms with Crippen LogP contribution in [0.5, 0.6) is 0 Å². The van der Waals surface area contributed by atoms with Crippen molar-refractivity contribution in [3.63, 3.8) is 0 Å². The lowest BCUT2D eigenvalue weighted by molar-refractivity contribution is -0.0195. The van der Waals surface area contributed by atoms with E-state index in [4.69, 9.17) is 9.84 Å². The molecule has 3 aromatic rings. The molecule has 35 heavy (non-hydrogen) atoms. The van der Waals surface area contributed by atoms with Crippen LogP contribution in [-0.2, 0) is 17.9 Å². The maximum atomic E-state index is 12.7. The average Bonchev–Trinajstić information content (AvgIpc) is 3.15. The van der Waals surface area contributed by atoms with E-state index in [1.54, 1.807) is 0 Å². The Morgan fingerprint density at radius 3 is 2.69 bits per heavy atom. The summed E-state index contributed by atoms with van der Waals surface area (Å²) in [6.45, 7) is 10.5. The maximum absolute atomic E-state index is 12.7. The molecule has 0 bridgehead atoms. The zero-order valence-corrected chi connectivity index (χ0v) is 21.1. The number of rotatable bonds is 7. The van der Waals surface area contributed by atoms with E-state index in [1.807, 2.05) is 21.4 Å². The first kappa shape index (κ1) is 23.8. The molecular formula is C28H35N3O4. The summed E-state index contributed by atoms with van der Waals surface area (Å²) < 4.78 is 10.2. The molecule has 1 unspecified atom stereocenters. The minimum absolute atomic E-state index is 0.0507. The van der Waals surface area contributed by atoms with Crippen LogP contribution in [0.15, 0.2) is 35.3 Å². The lowest BCUT2D eigenvalue weighted by atomic mass is 9.67. The number of nitrogens with zero attached hydrogens (tertiary/aromatic N) is 3. The predicted octanol–water partition coefficient (Wildman–Crippen LogP) is 5.65. The van der Waals surface area contributed by atoms with Gasteiger partial charge >= 0.3 is 5.97 Å². The highest BCUT2D eigenvalue weighted by atomic mass is 16.5. The highest BCUT2D eigenvalue weighted by molar-refractivity contribution is 5.95. The van der Waals surface area contributed by atoms with E-state index < -0.39 is 11.4 Å². The Morgan fingerprint density at radius 2 is 2.06 bits per heavy atom. The second kappa shape index (κ2) is 8.63. The smallest absolute Gasteiger partial charge is 0.341 e. The standard InChI is InChI=1S/C28H35N3O4/c1-5-10-28(11-7-12-28)17-35-16-18-8-6-9-19-24(18)29-31-15-23(27(2,3)4)30-14-20(26(33)34)22(32)13-21(30)25(19)31/h6,8-9,13-14,23H,5,7,10-12,15-17H2,1-4H3,(H,33,34). The first-order valence-electron chi connectivity index (χ1n) is 12.7. The van der Waals surface area contributed by atoms with E-state index in [9.17, 15) is 14.7 Å². The monoisotopic (exact) mass is 477 g/mol. The van der Waals surface area contributed by atoms with Crippen LogP contribution in [0.25, 0.3) is 22.3 Å². The fourth-order valence-electron chi connectivity index (χ4n) is 5.88. The zero-order valence-electron chi connectivity index (χ0n) is 21.1. The van der Waals surface area contributed by atoms with E-state index in [1.165, 1.54) is 44.4 Å². The summed E-state index contributed by atoms with van der Waals surface area (Å²) in [5.41, 5.74) is 2.98. The topological polar surface area (TPSA) is 86.3 Å². The summed E-state index contributed by atoms with van der Waals surface area (Å²) in [6, 6.07) is 7.52. The molecule has 1 aliphatic carbocycles. The summed E-state index contributed by atoms with van der Waals surface area (Å²) in [5, 5.41) is 15.5. The number of carbonyl (C=O) groups is 1. The van der Waals surface area contributed by atoms with Gasteiger partial charge in [0.15, 0.2) is 5.43 Å². The predicted molar refractivity (Wildman–Crippen MR) is 136 cm³/mol. The lowest BCUT2D eigenvalue weighted by Gasteiger charge is -2.41.